The molecule has 3 heterocycles. The molecule has 0 spiro atoms. The molecule has 1 aliphatic heterocycles. The van der Waals surface area contributed by atoms with Gasteiger partial charge < -0.3 is 18.9 Å². The van der Waals surface area contributed by atoms with Crippen molar-refractivity contribution in [1.82, 2.24) is 4.57 Å². The van der Waals surface area contributed by atoms with Crippen LogP contribution in [0.25, 0.3) is 11.8 Å². The molecule has 3 aromatic carbocycles. The number of hydrogen-bond donors (Lipinski definition) is 0. The number of halogens is 1. The molecule has 5 aromatic rings. The van der Waals surface area contributed by atoms with Crippen LogP contribution in [0.2, 0.25) is 0 Å². The molecule has 0 unspecified atom stereocenters. The average Bonchev–Trinajstić information content (AvgIpc) is 3.76. The zero-order valence-corrected chi connectivity index (χ0v) is 30.6. The van der Waals surface area contributed by atoms with Crippen molar-refractivity contribution in [3.8, 4) is 11.5 Å². The topological polar surface area (TPSA) is 105 Å². The van der Waals surface area contributed by atoms with Crippen LogP contribution in [0.15, 0.2) is 99.6 Å². The summed E-state index contributed by atoms with van der Waals surface area (Å²) in [5.41, 5.74) is 3.38. The Labute approximate surface area is 303 Å². The number of carbonyl (C=O) groups excluding carboxylic acids is 2. The number of rotatable bonds is 11. The maximum Gasteiger partial charge on any atom is 0.338 e. The molecule has 250 valence electrons. The SMILES string of the molecule is CCOC(=O)C1=C(c2ccccc2)N=c2s/c(=C\c3cc(I)c(OCc4ccc(C(=O)OCC)cc4)c(OC)c3)c(=O)n2[C@@H]1c1cccs1. The first-order valence-corrected chi connectivity index (χ1v) is 18.2. The van der Waals surface area contributed by atoms with E-state index < -0.39 is 12.0 Å². The third kappa shape index (κ3) is 7.26. The van der Waals surface area contributed by atoms with Gasteiger partial charge in [0, 0.05) is 10.4 Å². The minimum atomic E-state index is -0.704. The van der Waals surface area contributed by atoms with Gasteiger partial charge in [-0.3, -0.25) is 9.36 Å². The van der Waals surface area contributed by atoms with E-state index in [0.717, 1.165) is 25.1 Å². The first-order chi connectivity index (χ1) is 23.8. The highest BCUT2D eigenvalue weighted by Crippen LogP contribution is 2.37. The van der Waals surface area contributed by atoms with E-state index in [1.165, 1.54) is 22.7 Å². The molecule has 0 N–H and O–H groups in total. The van der Waals surface area contributed by atoms with Crippen LogP contribution in [-0.2, 0) is 20.9 Å². The second-order valence-corrected chi connectivity index (χ2v) is 13.8. The van der Waals surface area contributed by atoms with Crippen molar-refractivity contribution in [2.24, 2.45) is 4.99 Å². The van der Waals surface area contributed by atoms with Crippen molar-refractivity contribution in [1.29, 1.82) is 0 Å². The second-order valence-electron chi connectivity index (χ2n) is 10.7. The summed E-state index contributed by atoms with van der Waals surface area (Å²) in [7, 11) is 1.56. The van der Waals surface area contributed by atoms with Gasteiger partial charge in [-0.25, -0.2) is 14.6 Å². The van der Waals surface area contributed by atoms with Crippen molar-refractivity contribution in [3.05, 3.63) is 140 Å². The molecule has 0 fully saturated rings. The van der Waals surface area contributed by atoms with Gasteiger partial charge in [-0.1, -0.05) is 59.9 Å². The van der Waals surface area contributed by atoms with Crippen LogP contribution in [-0.4, -0.2) is 36.8 Å². The van der Waals surface area contributed by atoms with E-state index in [4.69, 9.17) is 23.9 Å². The lowest BCUT2D eigenvalue weighted by atomic mass is 9.97. The van der Waals surface area contributed by atoms with Gasteiger partial charge in [0.05, 0.1) is 45.3 Å². The number of methoxy groups -OCH3 is 1. The molecule has 9 nitrogen and oxygen atoms in total. The highest BCUT2D eigenvalue weighted by molar-refractivity contribution is 14.1. The number of thiazole rings is 1. The summed E-state index contributed by atoms with van der Waals surface area (Å²) >= 11 is 4.91. The number of ether oxygens (including phenoxy) is 4. The Kier molecular flexibility index (Phi) is 10.8. The van der Waals surface area contributed by atoms with Crippen LogP contribution in [0.3, 0.4) is 0 Å². The third-order valence-electron chi connectivity index (χ3n) is 7.58. The Bertz CT molecular complexity index is 2210. The summed E-state index contributed by atoms with van der Waals surface area (Å²) in [4.78, 5) is 45.9. The van der Waals surface area contributed by atoms with Crippen LogP contribution in [0.4, 0.5) is 0 Å². The van der Waals surface area contributed by atoms with E-state index in [0.29, 0.717) is 44.3 Å². The van der Waals surface area contributed by atoms with Gasteiger partial charge in [-0.05, 0) is 89.4 Å². The molecule has 1 aliphatic rings. The lowest BCUT2D eigenvalue weighted by Crippen LogP contribution is -2.39. The summed E-state index contributed by atoms with van der Waals surface area (Å²) in [5.74, 6) is 0.178. The largest absolute Gasteiger partial charge is 0.493 e. The van der Waals surface area contributed by atoms with E-state index in [1.54, 1.807) is 43.7 Å². The van der Waals surface area contributed by atoms with Gasteiger partial charge in [0.2, 0.25) is 0 Å². The fourth-order valence-corrected chi connectivity index (χ4v) is 7.98. The van der Waals surface area contributed by atoms with Crippen molar-refractivity contribution in [2.45, 2.75) is 26.5 Å². The predicted molar refractivity (Wildman–Crippen MR) is 198 cm³/mol. The van der Waals surface area contributed by atoms with Crippen LogP contribution in [0, 0.1) is 3.57 Å². The van der Waals surface area contributed by atoms with Crippen molar-refractivity contribution >= 4 is 69.0 Å². The van der Waals surface area contributed by atoms with Crippen molar-refractivity contribution in [2.75, 3.05) is 20.3 Å². The number of thiophene rings is 1. The van der Waals surface area contributed by atoms with E-state index in [9.17, 15) is 14.4 Å². The minimum Gasteiger partial charge on any atom is -0.493 e. The van der Waals surface area contributed by atoms with Crippen molar-refractivity contribution in [3.63, 3.8) is 0 Å². The molecular weight excluding hydrogens is 775 g/mol. The molecule has 2 aromatic heterocycles. The molecule has 49 heavy (non-hydrogen) atoms. The minimum absolute atomic E-state index is 0.188. The molecule has 0 saturated carbocycles. The molecular formula is C37H31IN2O7S2. The summed E-state index contributed by atoms with van der Waals surface area (Å²) < 4.78 is 25.3. The molecule has 0 radical (unpaired) electrons. The fourth-order valence-electron chi connectivity index (χ4n) is 5.38. The molecule has 1 atom stereocenters. The molecule has 0 aliphatic carbocycles. The quantitative estimate of drug-likeness (QED) is 0.113. The van der Waals surface area contributed by atoms with E-state index >= 15 is 0 Å². The van der Waals surface area contributed by atoms with Crippen LogP contribution >= 0.6 is 45.3 Å². The summed E-state index contributed by atoms with van der Waals surface area (Å²) in [6.45, 7) is 4.28. The van der Waals surface area contributed by atoms with Crippen molar-refractivity contribution < 1.29 is 28.5 Å². The Morgan fingerprint density at radius 3 is 2.37 bits per heavy atom. The van der Waals surface area contributed by atoms with Gasteiger partial charge in [0.1, 0.15) is 12.6 Å². The zero-order chi connectivity index (χ0) is 34.5. The first kappa shape index (κ1) is 34.3. The number of carbonyl (C=O) groups is 2. The number of hydrogen-bond acceptors (Lipinski definition) is 10. The monoisotopic (exact) mass is 806 g/mol. The van der Waals surface area contributed by atoms with E-state index in [-0.39, 0.29) is 24.7 Å². The smallest absolute Gasteiger partial charge is 0.338 e. The van der Waals surface area contributed by atoms with Crippen LogP contribution in [0.1, 0.15) is 51.8 Å². The molecule has 0 amide bonds. The lowest BCUT2D eigenvalue weighted by Gasteiger charge is -2.24. The lowest BCUT2D eigenvalue weighted by molar-refractivity contribution is -0.138. The summed E-state index contributed by atoms with van der Waals surface area (Å²) in [6, 6.07) is 23.4. The zero-order valence-electron chi connectivity index (χ0n) is 26.8. The van der Waals surface area contributed by atoms with E-state index in [2.05, 4.69) is 22.6 Å². The maximum atomic E-state index is 14.2. The van der Waals surface area contributed by atoms with Crippen LogP contribution in [0.5, 0.6) is 11.5 Å². The Balaban J connectivity index is 1.38. The number of esters is 2. The summed E-state index contributed by atoms with van der Waals surface area (Å²) in [5, 5.41) is 1.92. The number of benzene rings is 3. The molecule has 0 bridgehead atoms. The van der Waals surface area contributed by atoms with Crippen LogP contribution < -0.4 is 24.4 Å². The first-order valence-electron chi connectivity index (χ1n) is 15.4. The third-order valence-corrected chi connectivity index (χ3v) is 10.3. The predicted octanol–water partition coefficient (Wildman–Crippen LogP) is 6.37. The van der Waals surface area contributed by atoms with Gasteiger partial charge in [0.25, 0.3) is 5.56 Å². The Hall–Kier alpha value is -4.53. The molecule has 6 rings (SSSR count). The normalized spacial score (nSPS) is 14.2. The number of aromatic nitrogens is 1. The number of nitrogens with zero attached hydrogens (tertiary/aromatic N) is 2. The highest BCUT2D eigenvalue weighted by atomic mass is 127. The van der Waals surface area contributed by atoms with Gasteiger partial charge in [-0.2, -0.15) is 0 Å². The van der Waals surface area contributed by atoms with Gasteiger partial charge >= 0.3 is 11.9 Å². The summed E-state index contributed by atoms with van der Waals surface area (Å²) in [6.07, 6.45) is 1.80. The van der Waals surface area contributed by atoms with E-state index in [1.807, 2.05) is 72.1 Å². The standard InChI is InChI=1S/C37H31IN2O7S2/c1-4-45-35(42)25-15-13-22(14-16-25)21-47-33-26(38)18-23(19-27(33)44-3)20-29-34(41)40-32(28-12-9-17-48-28)30(36(43)46-5-2)31(39-37(40)49-29)24-10-7-6-8-11-24/h6-20,32H,4-5,21H2,1-3H3/b29-20-/t32-/m1/s1. The molecule has 0 saturated heterocycles. The molecule has 12 heteroatoms. The highest BCUT2D eigenvalue weighted by Gasteiger charge is 2.35. The number of fused-ring (bicyclic) bond motifs is 1. The van der Waals surface area contributed by atoms with Gasteiger partial charge in [0.15, 0.2) is 16.3 Å². The second kappa shape index (κ2) is 15.3. The fraction of sp³-hybridized carbons (Fsp3) is 0.189. The Morgan fingerprint density at radius 2 is 1.69 bits per heavy atom. The Morgan fingerprint density at radius 1 is 0.959 bits per heavy atom. The van der Waals surface area contributed by atoms with Gasteiger partial charge in [-0.15, -0.1) is 11.3 Å². The maximum absolute atomic E-state index is 14.2. The average molecular weight is 807 g/mol.